The number of ether oxygens (including phenoxy) is 2. The SMILES string of the molecule is CCc1ccc(N(CC(=O)NCCc2ccc(OC)c(OC)c2)S(C)(=O)=O)cc1. The van der Waals surface area contributed by atoms with Crippen LogP contribution in [0.5, 0.6) is 11.5 Å². The fraction of sp³-hybridized carbons (Fsp3) is 0.381. The van der Waals surface area contributed by atoms with Crippen LogP contribution in [0.1, 0.15) is 18.1 Å². The van der Waals surface area contributed by atoms with Gasteiger partial charge in [-0.25, -0.2) is 8.42 Å². The van der Waals surface area contributed by atoms with Crippen molar-refractivity contribution in [1.29, 1.82) is 0 Å². The molecule has 0 aromatic heterocycles. The Morgan fingerprint density at radius 1 is 1.00 bits per heavy atom. The highest BCUT2D eigenvalue weighted by Gasteiger charge is 2.20. The number of carbonyl (C=O) groups is 1. The summed E-state index contributed by atoms with van der Waals surface area (Å²) in [6, 6.07) is 12.7. The van der Waals surface area contributed by atoms with E-state index in [2.05, 4.69) is 5.32 Å². The molecule has 158 valence electrons. The van der Waals surface area contributed by atoms with Crippen LogP contribution in [0.3, 0.4) is 0 Å². The van der Waals surface area contributed by atoms with Crippen molar-refractivity contribution in [2.75, 3.05) is 37.9 Å². The molecule has 0 spiro atoms. The Balaban J connectivity index is 1.98. The second-order valence-corrected chi connectivity index (χ2v) is 8.49. The fourth-order valence-electron chi connectivity index (χ4n) is 2.87. The third-order valence-electron chi connectivity index (χ3n) is 4.50. The average molecular weight is 421 g/mol. The minimum Gasteiger partial charge on any atom is -0.493 e. The zero-order valence-corrected chi connectivity index (χ0v) is 18.1. The molecule has 8 heteroatoms. The number of amides is 1. The van der Waals surface area contributed by atoms with Gasteiger partial charge in [0.25, 0.3) is 0 Å². The second kappa shape index (κ2) is 10.2. The standard InChI is InChI=1S/C21H28N2O5S/c1-5-16-6-9-18(10-7-16)23(29(4,25)26)15-21(24)22-13-12-17-8-11-19(27-2)20(14-17)28-3/h6-11,14H,5,12-13,15H2,1-4H3,(H,22,24). The van der Waals surface area contributed by atoms with Gasteiger partial charge in [0, 0.05) is 6.54 Å². The molecule has 0 saturated heterocycles. The monoisotopic (exact) mass is 420 g/mol. The van der Waals surface area contributed by atoms with E-state index >= 15 is 0 Å². The van der Waals surface area contributed by atoms with Gasteiger partial charge in [-0.05, 0) is 48.2 Å². The lowest BCUT2D eigenvalue weighted by Crippen LogP contribution is -2.40. The second-order valence-electron chi connectivity index (χ2n) is 6.58. The first-order valence-corrected chi connectivity index (χ1v) is 11.2. The molecule has 7 nitrogen and oxygen atoms in total. The minimum atomic E-state index is -3.58. The number of nitrogens with zero attached hydrogens (tertiary/aromatic N) is 1. The van der Waals surface area contributed by atoms with E-state index in [9.17, 15) is 13.2 Å². The number of rotatable bonds is 10. The van der Waals surface area contributed by atoms with Crippen LogP contribution in [-0.2, 0) is 27.7 Å². The van der Waals surface area contributed by atoms with Crippen molar-refractivity contribution < 1.29 is 22.7 Å². The molecular weight excluding hydrogens is 392 g/mol. The molecule has 0 bridgehead atoms. The minimum absolute atomic E-state index is 0.268. The Bertz CT molecular complexity index is 927. The summed E-state index contributed by atoms with van der Waals surface area (Å²) in [6.07, 6.45) is 2.53. The molecule has 0 atom stereocenters. The summed E-state index contributed by atoms with van der Waals surface area (Å²) < 4.78 is 35.9. The normalized spacial score (nSPS) is 11.0. The number of anilines is 1. The van der Waals surface area contributed by atoms with E-state index in [0.29, 0.717) is 30.2 Å². The molecule has 0 aliphatic rings. The van der Waals surface area contributed by atoms with Gasteiger partial charge in [0.1, 0.15) is 6.54 Å². The average Bonchev–Trinajstić information content (AvgIpc) is 2.71. The molecule has 2 aromatic carbocycles. The van der Waals surface area contributed by atoms with Gasteiger partial charge in [0.15, 0.2) is 11.5 Å². The largest absolute Gasteiger partial charge is 0.493 e. The van der Waals surface area contributed by atoms with Gasteiger partial charge < -0.3 is 14.8 Å². The lowest BCUT2D eigenvalue weighted by atomic mass is 10.1. The number of hydrogen-bond donors (Lipinski definition) is 1. The first-order valence-electron chi connectivity index (χ1n) is 9.32. The number of carbonyl (C=O) groups excluding carboxylic acids is 1. The number of sulfonamides is 1. The van der Waals surface area contributed by atoms with Crippen LogP contribution in [0.25, 0.3) is 0 Å². The molecule has 0 aliphatic heterocycles. The van der Waals surface area contributed by atoms with Gasteiger partial charge in [0.05, 0.1) is 26.2 Å². The van der Waals surface area contributed by atoms with Gasteiger partial charge in [-0.15, -0.1) is 0 Å². The Labute approximate surface area is 172 Å². The summed E-state index contributed by atoms with van der Waals surface area (Å²) in [6.45, 7) is 2.13. The quantitative estimate of drug-likeness (QED) is 0.638. The van der Waals surface area contributed by atoms with Crippen molar-refractivity contribution in [2.24, 2.45) is 0 Å². The lowest BCUT2D eigenvalue weighted by Gasteiger charge is -2.22. The number of hydrogen-bond acceptors (Lipinski definition) is 5. The van der Waals surface area contributed by atoms with Crippen LogP contribution in [0, 0.1) is 0 Å². The van der Waals surface area contributed by atoms with Crippen molar-refractivity contribution in [3.63, 3.8) is 0 Å². The van der Waals surface area contributed by atoms with E-state index < -0.39 is 10.0 Å². The van der Waals surface area contributed by atoms with E-state index in [1.807, 2.05) is 31.2 Å². The molecule has 0 fully saturated rings. The summed E-state index contributed by atoms with van der Waals surface area (Å²) in [5.41, 5.74) is 2.54. The Hall–Kier alpha value is -2.74. The first-order chi connectivity index (χ1) is 13.8. The van der Waals surface area contributed by atoms with Crippen LogP contribution in [0.2, 0.25) is 0 Å². The first kappa shape index (κ1) is 22.5. The zero-order valence-electron chi connectivity index (χ0n) is 17.3. The third kappa shape index (κ3) is 6.39. The van der Waals surface area contributed by atoms with Crippen molar-refractivity contribution in [2.45, 2.75) is 19.8 Å². The molecule has 0 unspecified atom stereocenters. The molecule has 2 rings (SSSR count). The number of benzene rings is 2. The van der Waals surface area contributed by atoms with Gasteiger partial charge in [-0.1, -0.05) is 25.1 Å². The highest BCUT2D eigenvalue weighted by molar-refractivity contribution is 7.92. The van der Waals surface area contributed by atoms with Gasteiger partial charge >= 0.3 is 0 Å². The Morgan fingerprint density at radius 3 is 2.17 bits per heavy atom. The maximum atomic E-state index is 12.3. The smallest absolute Gasteiger partial charge is 0.240 e. The highest BCUT2D eigenvalue weighted by Crippen LogP contribution is 2.27. The predicted octanol–water partition coefficient (Wildman–Crippen LogP) is 2.39. The highest BCUT2D eigenvalue weighted by atomic mass is 32.2. The summed E-state index contributed by atoms with van der Waals surface area (Å²) in [7, 11) is -0.448. The Kier molecular flexibility index (Phi) is 7.90. The van der Waals surface area contributed by atoms with E-state index in [-0.39, 0.29) is 12.5 Å². The van der Waals surface area contributed by atoms with Crippen molar-refractivity contribution in [3.05, 3.63) is 53.6 Å². The molecule has 1 amide bonds. The topological polar surface area (TPSA) is 84.9 Å². The molecule has 0 saturated carbocycles. The fourth-order valence-corrected chi connectivity index (χ4v) is 3.72. The predicted molar refractivity (Wildman–Crippen MR) is 114 cm³/mol. The number of aryl methyl sites for hydroxylation is 1. The summed E-state index contributed by atoms with van der Waals surface area (Å²) in [4.78, 5) is 12.3. The lowest BCUT2D eigenvalue weighted by molar-refractivity contribution is -0.119. The molecular formula is C21H28N2O5S. The van der Waals surface area contributed by atoms with Crippen LogP contribution in [0.15, 0.2) is 42.5 Å². The third-order valence-corrected chi connectivity index (χ3v) is 5.64. The van der Waals surface area contributed by atoms with E-state index in [1.165, 1.54) is 0 Å². The number of nitrogens with one attached hydrogen (secondary N) is 1. The summed E-state index contributed by atoms with van der Waals surface area (Å²) >= 11 is 0. The van der Waals surface area contributed by atoms with E-state index in [4.69, 9.17) is 9.47 Å². The summed E-state index contributed by atoms with van der Waals surface area (Å²) in [5.74, 6) is 0.892. The molecule has 1 N–H and O–H groups in total. The zero-order chi connectivity index (χ0) is 21.4. The van der Waals surface area contributed by atoms with Crippen molar-refractivity contribution in [1.82, 2.24) is 5.32 Å². The molecule has 29 heavy (non-hydrogen) atoms. The van der Waals surface area contributed by atoms with Crippen LogP contribution in [-0.4, -0.2) is 47.9 Å². The van der Waals surface area contributed by atoms with E-state index in [0.717, 1.165) is 28.1 Å². The van der Waals surface area contributed by atoms with Crippen molar-refractivity contribution >= 4 is 21.6 Å². The molecule has 2 aromatic rings. The maximum absolute atomic E-state index is 12.3. The van der Waals surface area contributed by atoms with Crippen LogP contribution >= 0.6 is 0 Å². The van der Waals surface area contributed by atoms with Crippen LogP contribution in [0.4, 0.5) is 5.69 Å². The van der Waals surface area contributed by atoms with Gasteiger partial charge in [0.2, 0.25) is 15.9 Å². The maximum Gasteiger partial charge on any atom is 0.240 e. The van der Waals surface area contributed by atoms with E-state index in [1.54, 1.807) is 32.4 Å². The molecule has 0 aliphatic carbocycles. The van der Waals surface area contributed by atoms with Gasteiger partial charge in [-0.3, -0.25) is 9.10 Å². The summed E-state index contributed by atoms with van der Waals surface area (Å²) in [5, 5.41) is 2.77. The molecule has 0 radical (unpaired) electrons. The Morgan fingerprint density at radius 2 is 1.62 bits per heavy atom. The number of methoxy groups -OCH3 is 2. The van der Waals surface area contributed by atoms with Crippen molar-refractivity contribution in [3.8, 4) is 11.5 Å². The van der Waals surface area contributed by atoms with Crippen LogP contribution < -0.4 is 19.1 Å². The molecule has 0 heterocycles. The van der Waals surface area contributed by atoms with Gasteiger partial charge in [-0.2, -0.15) is 0 Å².